The minimum atomic E-state index is -0.966. The summed E-state index contributed by atoms with van der Waals surface area (Å²) in [6.07, 6.45) is 0.418. The Kier molecular flexibility index (Phi) is 7.18. The smallest absolute Gasteiger partial charge is 0.320 e. The molecule has 0 heterocycles. The number of hydrogen-bond acceptors (Lipinski definition) is 4. The molecule has 1 aromatic carbocycles. The summed E-state index contributed by atoms with van der Waals surface area (Å²) in [6, 6.07) is 4.92. The highest BCUT2D eigenvalue weighted by Gasteiger charge is 2.23. The molecule has 0 amide bonds. The fourth-order valence-electron chi connectivity index (χ4n) is 2.44. The van der Waals surface area contributed by atoms with Crippen LogP contribution in [0.2, 0.25) is 0 Å². The van der Waals surface area contributed by atoms with Crippen molar-refractivity contribution in [2.24, 2.45) is 11.7 Å². The Morgan fingerprint density at radius 1 is 1.23 bits per heavy atom. The molecule has 1 rings (SSSR count). The van der Waals surface area contributed by atoms with Crippen molar-refractivity contribution in [3.8, 4) is 11.5 Å². The van der Waals surface area contributed by atoms with Crippen molar-refractivity contribution in [2.45, 2.75) is 46.1 Å². The van der Waals surface area contributed by atoms with Crippen LogP contribution >= 0.6 is 0 Å². The van der Waals surface area contributed by atoms with E-state index < -0.39 is 12.0 Å². The van der Waals surface area contributed by atoms with Gasteiger partial charge in [-0.2, -0.15) is 0 Å². The highest BCUT2D eigenvalue weighted by atomic mass is 16.5. The first-order valence-corrected chi connectivity index (χ1v) is 7.78. The van der Waals surface area contributed by atoms with Crippen molar-refractivity contribution in [3.63, 3.8) is 0 Å². The van der Waals surface area contributed by atoms with Gasteiger partial charge in [0.05, 0.1) is 13.2 Å². The standard InChI is InChI=1S/C17H27NO4/c1-5-21-13-7-8-16(22-6-2)14(10-13)12(4)11(3)9-15(18)17(19)20/h7-8,10-12,15H,5-6,9,18H2,1-4H3,(H,19,20). The number of rotatable bonds is 9. The monoisotopic (exact) mass is 309 g/mol. The normalized spacial score (nSPS) is 15.0. The SMILES string of the molecule is CCOc1ccc(OCC)c(C(C)C(C)CC(N)C(=O)O)c1. The average Bonchev–Trinajstić information content (AvgIpc) is 2.48. The number of nitrogens with two attached hydrogens (primary N) is 1. The number of hydrogen-bond donors (Lipinski definition) is 2. The van der Waals surface area contributed by atoms with Crippen LogP contribution in [0.3, 0.4) is 0 Å². The Morgan fingerprint density at radius 2 is 1.86 bits per heavy atom. The van der Waals surface area contributed by atoms with Gasteiger partial charge in [-0.3, -0.25) is 4.79 Å². The molecule has 0 bridgehead atoms. The van der Waals surface area contributed by atoms with Gasteiger partial charge in [-0.1, -0.05) is 13.8 Å². The first-order valence-electron chi connectivity index (χ1n) is 7.78. The van der Waals surface area contributed by atoms with Crippen molar-refractivity contribution < 1.29 is 19.4 Å². The number of carboxylic acid groups (broad SMARTS) is 1. The number of carbonyl (C=O) groups is 1. The molecule has 1 aromatic rings. The zero-order valence-corrected chi connectivity index (χ0v) is 13.8. The van der Waals surface area contributed by atoms with Crippen molar-refractivity contribution >= 4 is 5.97 Å². The van der Waals surface area contributed by atoms with Gasteiger partial charge in [-0.15, -0.1) is 0 Å². The molecule has 0 aliphatic heterocycles. The highest BCUT2D eigenvalue weighted by molar-refractivity contribution is 5.73. The molecule has 3 unspecified atom stereocenters. The molecule has 0 saturated heterocycles. The molecular weight excluding hydrogens is 282 g/mol. The van der Waals surface area contributed by atoms with E-state index in [1.807, 2.05) is 39.0 Å². The number of benzene rings is 1. The third-order valence-electron chi connectivity index (χ3n) is 3.88. The maximum atomic E-state index is 10.9. The van der Waals surface area contributed by atoms with Gasteiger partial charge in [0.1, 0.15) is 17.5 Å². The predicted molar refractivity (Wildman–Crippen MR) is 86.6 cm³/mol. The Bertz CT molecular complexity index is 490. The van der Waals surface area contributed by atoms with E-state index in [9.17, 15) is 4.79 Å². The lowest BCUT2D eigenvalue weighted by Gasteiger charge is -2.24. The van der Waals surface area contributed by atoms with Crippen LogP contribution < -0.4 is 15.2 Å². The van der Waals surface area contributed by atoms with Crippen LogP contribution in [0.1, 0.15) is 45.6 Å². The first kappa shape index (κ1) is 18.3. The lowest BCUT2D eigenvalue weighted by atomic mass is 9.84. The number of ether oxygens (including phenoxy) is 2. The third kappa shape index (κ3) is 4.91. The minimum absolute atomic E-state index is 0.113. The molecule has 5 heteroatoms. The first-order chi connectivity index (χ1) is 10.4. The van der Waals surface area contributed by atoms with Crippen LogP contribution in [0.5, 0.6) is 11.5 Å². The lowest BCUT2D eigenvalue weighted by molar-refractivity contribution is -0.138. The fourth-order valence-corrected chi connectivity index (χ4v) is 2.44. The second kappa shape index (κ2) is 8.63. The molecule has 0 spiro atoms. The molecule has 3 atom stereocenters. The van der Waals surface area contributed by atoms with E-state index >= 15 is 0 Å². The minimum Gasteiger partial charge on any atom is -0.494 e. The largest absolute Gasteiger partial charge is 0.494 e. The number of carboxylic acids is 1. The van der Waals surface area contributed by atoms with Gasteiger partial charge in [0.15, 0.2) is 0 Å². The second-order valence-electron chi connectivity index (χ2n) is 5.51. The molecule has 0 fully saturated rings. The van der Waals surface area contributed by atoms with Crippen LogP contribution in [0.25, 0.3) is 0 Å². The number of aliphatic carboxylic acids is 1. The van der Waals surface area contributed by atoms with Gasteiger partial charge >= 0.3 is 5.97 Å². The summed E-state index contributed by atoms with van der Waals surface area (Å²) >= 11 is 0. The Morgan fingerprint density at radius 3 is 2.41 bits per heavy atom. The van der Waals surface area contributed by atoms with Crippen molar-refractivity contribution in [2.75, 3.05) is 13.2 Å². The predicted octanol–water partition coefficient (Wildman–Crippen LogP) is 3.03. The molecule has 22 heavy (non-hydrogen) atoms. The van der Waals surface area contributed by atoms with Crippen LogP contribution in [0.15, 0.2) is 18.2 Å². The van der Waals surface area contributed by atoms with Crippen molar-refractivity contribution in [1.82, 2.24) is 0 Å². The molecular formula is C17H27NO4. The summed E-state index contributed by atoms with van der Waals surface area (Å²) in [5.41, 5.74) is 6.68. The van der Waals surface area contributed by atoms with Gasteiger partial charge in [-0.05, 0) is 50.3 Å². The maximum Gasteiger partial charge on any atom is 0.320 e. The summed E-state index contributed by atoms with van der Waals surface area (Å²) in [5, 5.41) is 8.97. The van der Waals surface area contributed by atoms with E-state index in [-0.39, 0.29) is 11.8 Å². The van der Waals surface area contributed by atoms with Gasteiger partial charge in [0.2, 0.25) is 0 Å². The van der Waals surface area contributed by atoms with E-state index in [1.165, 1.54) is 0 Å². The molecule has 0 aliphatic rings. The van der Waals surface area contributed by atoms with Crippen LogP contribution in [0, 0.1) is 5.92 Å². The van der Waals surface area contributed by atoms with Crippen LogP contribution in [-0.4, -0.2) is 30.3 Å². The van der Waals surface area contributed by atoms with E-state index in [0.29, 0.717) is 19.6 Å². The molecule has 0 saturated carbocycles. The third-order valence-corrected chi connectivity index (χ3v) is 3.88. The lowest BCUT2D eigenvalue weighted by Crippen LogP contribution is -2.32. The summed E-state index contributed by atoms with van der Waals surface area (Å²) in [5.74, 6) is 0.874. The second-order valence-corrected chi connectivity index (χ2v) is 5.51. The van der Waals surface area contributed by atoms with E-state index in [2.05, 4.69) is 6.92 Å². The van der Waals surface area contributed by atoms with Gasteiger partial charge in [-0.25, -0.2) is 0 Å². The molecule has 3 N–H and O–H groups in total. The topological polar surface area (TPSA) is 81.8 Å². The summed E-state index contributed by atoms with van der Waals surface area (Å²) < 4.78 is 11.2. The Balaban J connectivity index is 2.99. The molecule has 124 valence electrons. The molecule has 0 aromatic heterocycles. The van der Waals surface area contributed by atoms with Gasteiger partial charge in [0.25, 0.3) is 0 Å². The Hall–Kier alpha value is -1.75. The zero-order chi connectivity index (χ0) is 16.7. The summed E-state index contributed by atoms with van der Waals surface area (Å²) in [4.78, 5) is 10.9. The summed E-state index contributed by atoms with van der Waals surface area (Å²) in [7, 11) is 0. The van der Waals surface area contributed by atoms with Crippen molar-refractivity contribution in [3.05, 3.63) is 23.8 Å². The average molecular weight is 309 g/mol. The fraction of sp³-hybridized carbons (Fsp3) is 0.588. The van der Waals surface area contributed by atoms with Crippen molar-refractivity contribution in [1.29, 1.82) is 0 Å². The van der Waals surface area contributed by atoms with Gasteiger partial charge in [0, 0.05) is 5.56 Å². The maximum absolute atomic E-state index is 10.9. The molecule has 5 nitrogen and oxygen atoms in total. The zero-order valence-electron chi connectivity index (χ0n) is 13.8. The van der Waals surface area contributed by atoms with E-state index in [0.717, 1.165) is 17.1 Å². The molecule has 0 radical (unpaired) electrons. The van der Waals surface area contributed by atoms with Gasteiger partial charge < -0.3 is 20.3 Å². The Labute approximate surface area is 132 Å². The summed E-state index contributed by atoms with van der Waals surface area (Å²) in [6.45, 7) is 9.13. The highest BCUT2D eigenvalue weighted by Crippen LogP contribution is 2.36. The van der Waals surface area contributed by atoms with E-state index in [4.69, 9.17) is 20.3 Å². The quantitative estimate of drug-likeness (QED) is 0.732. The molecule has 0 aliphatic carbocycles. The van der Waals surface area contributed by atoms with E-state index in [1.54, 1.807) is 0 Å². The van der Waals surface area contributed by atoms with Crippen LogP contribution in [-0.2, 0) is 4.79 Å². The van der Waals surface area contributed by atoms with Crippen LogP contribution in [0.4, 0.5) is 0 Å².